The molecular weight excluding hydrogens is 340 g/mol. The molecule has 0 unspecified atom stereocenters. The van der Waals surface area contributed by atoms with Gasteiger partial charge in [-0.1, -0.05) is 0 Å². The minimum Gasteiger partial charge on any atom is -0.454 e. The molecule has 0 spiro atoms. The highest BCUT2D eigenvalue weighted by Crippen LogP contribution is 2.33. The van der Waals surface area contributed by atoms with E-state index in [9.17, 15) is 9.59 Å². The molecular formula is C17H20N4O5. The summed E-state index contributed by atoms with van der Waals surface area (Å²) in [7, 11) is 0. The van der Waals surface area contributed by atoms with Crippen LogP contribution < -0.4 is 20.5 Å². The average Bonchev–Trinajstić information content (AvgIpc) is 3.34. The molecule has 3 heterocycles. The number of nitrogens with one attached hydrogen (secondary N) is 1. The molecule has 1 atom stereocenters. The lowest BCUT2D eigenvalue weighted by Gasteiger charge is -2.10. The number of aryl methyl sites for hydroxylation is 1. The number of aromatic nitrogens is 3. The monoisotopic (exact) mass is 360 g/mol. The largest absolute Gasteiger partial charge is 0.454 e. The maximum absolute atomic E-state index is 12.7. The second-order valence-electron chi connectivity index (χ2n) is 6.30. The number of benzene rings is 1. The van der Waals surface area contributed by atoms with Crippen molar-refractivity contribution in [3.05, 3.63) is 34.5 Å². The van der Waals surface area contributed by atoms with E-state index < -0.39 is 0 Å². The van der Waals surface area contributed by atoms with Gasteiger partial charge in [0.05, 0.1) is 11.8 Å². The topological polar surface area (TPSA) is 96.6 Å². The van der Waals surface area contributed by atoms with Crippen molar-refractivity contribution in [2.75, 3.05) is 19.9 Å². The highest BCUT2D eigenvalue weighted by molar-refractivity contribution is 5.75. The van der Waals surface area contributed by atoms with E-state index in [1.54, 1.807) is 25.1 Å². The molecule has 2 aliphatic rings. The van der Waals surface area contributed by atoms with E-state index in [4.69, 9.17) is 14.2 Å². The van der Waals surface area contributed by atoms with Gasteiger partial charge in [-0.3, -0.25) is 4.79 Å². The smallest absolute Gasteiger partial charge is 0.351 e. The van der Waals surface area contributed by atoms with Gasteiger partial charge in [-0.2, -0.15) is 5.10 Å². The van der Waals surface area contributed by atoms with Crippen molar-refractivity contribution in [3.63, 3.8) is 0 Å². The first-order valence-electron chi connectivity index (χ1n) is 8.56. The van der Waals surface area contributed by atoms with E-state index in [1.807, 2.05) is 0 Å². The Kier molecular flexibility index (Phi) is 4.37. The Bertz CT molecular complexity index is 882. The van der Waals surface area contributed by atoms with Gasteiger partial charge < -0.3 is 19.5 Å². The summed E-state index contributed by atoms with van der Waals surface area (Å²) in [4.78, 5) is 24.8. The normalized spacial score (nSPS) is 18.3. The molecule has 0 radical (unpaired) electrons. The zero-order chi connectivity index (χ0) is 18.1. The summed E-state index contributed by atoms with van der Waals surface area (Å²) < 4.78 is 18.7. The Labute approximate surface area is 149 Å². The van der Waals surface area contributed by atoms with Crippen LogP contribution in [0.2, 0.25) is 0 Å². The average molecular weight is 360 g/mol. The highest BCUT2D eigenvalue weighted by atomic mass is 16.7. The first-order valence-corrected chi connectivity index (χ1v) is 8.56. The van der Waals surface area contributed by atoms with Crippen molar-refractivity contribution >= 4 is 5.91 Å². The van der Waals surface area contributed by atoms with Crippen LogP contribution >= 0.6 is 0 Å². The predicted octanol–water partition coefficient (Wildman–Crippen LogP) is 0.366. The van der Waals surface area contributed by atoms with Crippen LogP contribution in [-0.2, 0) is 16.1 Å². The van der Waals surface area contributed by atoms with Crippen molar-refractivity contribution in [1.29, 1.82) is 0 Å². The van der Waals surface area contributed by atoms with E-state index in [2.05, 4.69) is 10.4 Å². The van der Waals surface area contributed by atoms with Gasteiger partial charge in [0.15, 0.2) is 11.5 Å². The predicted molar refractivity (Wildman–Crippen MR) is 90.7 cm³/mol. The van der Waals surface area contributed by atoms with Crippen molar-refractivity contribution < 1.29 is 19.0 Å². The Hall–Kier alpha value is -2.81. The van der Waals surface area contributed by atoms with Gasteiger partial charge in [-0.25, -0.2) is 14.0 Å². The molecule has 0 aliphatic carbocycles. The minimum atomic E-state index is -0.381. The van der Waals surface area contributed by atoms with Crippen LogP contribution in [0.15, 0.2) is 23.0 Å². The summed E-state index contributed by atoms with van der Waals surface area (Å²) in [5.74, 6) is 1.44. The minimum absolute atomic E-state index is 0.0589. The van der Waals surface area contributed by atoms with E-state index in [-0.39, 0.29) is 31.0 Å². The Morgan fingerprint density at radius 1 is 1.35 bits per heavy atom. The number of carbonyl (C=O) groups excluding carboxylic acids is 1. The molecule has 9 nitrogen and oxygen atoms in total. The summed E-state index contributed by atoms with van der Waals surface area (Å²) in [5.41, 5.74) is 0.233. The van der Waals surface area contributed by atoms with Crippen LogP contribution in [0.4, 0.5) is 0 Å². The lowest BCUT2D eigenvalue weighted by atomic mass is 10.2. The van der Waals surface area contributed by atoms with Crippen LogP contribution in [0, 0.1) is 6.92 Å². The van der Waals surface area contributed by atoms with E-state index >= 15 is 0 Å². The molecule has 0 saturated carbocycles. The van der Waals surface area contributed by atoms with Gasteiger partial charge in [0.25, 0.3) is 0 Å². The van der Waals surface area contributed by atoms with Gasteiger partial charge in [0.1, 0.15) is 12.4 Å². The first kappa shape index (κ1) is 16.6. The number of rotatable bonds is 5. The maximum atomic E-state index is 12.7. The summed E-state index contributed by atoms with van der Waals surface area (Å²) in [6, 6.07) is 5.22. The second-order valence-corrected chi connectivity index (χ2v) is 6.30. The molecule has 9 heteroatoms. The van der Waals surface area contributed by atoms with E-state index in [0.29, 0.717) is 29.6 Å². The molecule has 1 aromatic carbocycles. The van der Waals surface area contributed by atoms with Crippen LogP contribution in [0.5, 0.6) is 11.5 Å². The van der Waals surface area contributed by atoms with Crippen LogP contribution in [-0.4, -0.2) is 46.3 Å². The summed E-state index contributed by atoms with van der Waals surface area (Å²) in [5, 5.41) is 7.00. The number of ether oxygens (including phenoxy) is 3. The Balaban J connectivity index is 1.49. The summed E-state index contributed by atoms with van der Waals surface area (Å²) in [6.07, 6.45) is 2.01. The van der Waals surface area contributed by atoms with Gasteiger partial charge in [0.2, 0.25) is 12.7 Å². The SMILES string of the molecule is Cc1nn(CC(=O)NC[C@H]2CCCO2)c(=O)n1-c1ccc2c(c1)OCO2. The fraction of sp³-hybridized carbons (Fsp3) is 0.471. The molecule has 1 saturated heterocycles. The quantitative estimate of drug-likeness (QED) is 0.827. The van der Waals surface area contributed by atoms with Crippen LogP contribution in [0.25, 0.3) is 5.69 Å². The summed E-state index contributed by atoms with van der Waals surface area (Å²) >= 11 is 0. The number of hydrogen-bond donors (Lipinski definition) is 1. The Morgan fingerprint density at radius 2 is 2.19 bits per heavy atom. The molecule has 138 valence electrons. The molecule has 1 amide bonds. The number of fused-ring (bicyclic) bond motifs is 1. The Morgan fingerprint density at radius 3 is 3.00 bits per heavy atom. The third-order valence-electron chi connectivity index (χ3n) is 4.46. The van der Waals surface area contributed by atoms with Crippen LogP contribution in [0.3, 0.4) is 0 Å². The van der Waals surface area contributed by atoms with E-state index in [0.717, 1.165) is 24.1 Å². The lowest BCUT2D eigenvalue weighted by molar-refractivity contribution is -0.122. The zero-order valence-electron chi connectivity index (χ0n) is 14.4. The first-order chi connectivity index (χ1) is 12.6. The van der Waals surface area contributed by atoms with E-state index in [1.165, 1.54) is 4.57 Å². The fourth-order valence-corrected chi connectivity index (χ4v) is 3.17. The molecule has 1 fully saturated rings. The van der Waals surface area contributed by atoms with Gasteiger partial charge in [-0.15, -0.1) is 0 Å². The standard InChI is InChI=1S/C17H20N4O5/c1-11-19-20(9-16(22)18-8-13-3-2-6-24-13)17(23)21(11)12-4-5-14-15(7-12)26-10-25-14/h4-5,7,13H,2-3,6,8-10H2,1H3,(H,18,22)/t13-/m1/s1. The number of hydrogen-bond acceptors (Lipinski definition) is 6. The third-order valence-corrected chi connectivity index (χ3v) is 4.46. The van der Waals surface area contributed by atoms with Crippen LogP contribution in [0.1, 0.15) is 18.7 Å². The zero-order valence-corrected chi connectivity index (χ0v) is 14.4. The van der Waals surface area contributed by atoms with Crippen molar-refractivity contribution in [1.82, 2.24) is 19.7 Å². The van der Waals surface area contributed by atoms with Crippen molar-refractivity contribution in [2.24, 2.45) is 0 Å². The number of amides is 1. The molecule has 4 rings (SSSR count). The van der Waals surface area contributed by atoms with Gasteiger partial charge in [0, 0.05) is 19.2 Å². The van der Waals surface area contributed by atoms with Gasteiger partial charge in [-0.05, 0) is 31.9 Å². The molecule has 0 bridgehead atoms. The molecule has 2 aliphatic heterocycles. The molecule has 26 heavy (non-hydrogen) atoms. The number of carbonyl (C=O) groups is 1. The van der Waals surface area contributed by atoms with Crippen molar-refractivity contribution in [2.45, 2.75) is 32.4 Å². The molecule has 1 aromatic heterocycles. The lowest BCUT2D eigenvalue weighted by Crippen LogP contribution is -2.37. The summed E-state index contributed by atoms with van der Waals surface area (Å²) in [6.45, 7) is 2.93. The molecule has 1 N–H and O–H groups in total. The van der Waals surface area contributed by atoms with Crippen molar-refractivity contribution in [3.8, 4) is 17.2 Å². The second kappa shape index (κ2) is 6.83. The number of nitrogens with zero attached hydrogens (tertiary/aromatic N) is 3. The highest BCUT2D eigenvalue weighted by Gasteiger charge is 2.20. The van der Waals surface area contributed by atoms with Gasteiger partial charge >= 0.3 is 5.69 Å². The maximum Gasteiger partial charge on any atom is 0.351 e. The third kappa shape index (κ3) is 3.17. The molecule has 2 aromatic rings. The fourth-order valence-electron chi connectivity index (χ4n) is 3.17.